The van der Waals surface area contributed by atoms with Crippen LogP contribution >= 0.6 is 0 Å². The third-order valence-electron chi connectivity index (χ3n) is 11.2. The largest absolute Gasteiger partial charge is 0.462 e. The number of hydrogen-bond acceptors (Lipinski definition) is 6. The zero-order valence-corrected chi connectivity index (χ0v) is 45.2. The third-order valence-corrected chi connectivity index (χ3v) is 11.2. The zero-order chi connectivity index (χ0) is 51.4. The molecule has 0 aliphatic carbocycles. The first kappa shape index (κ1) is 66.0. The van der Waals surface area contributed by atoms with Crippen molar-refractivity contribution in [3.05, 3.63) is 158 Å². The predicted molar refractivity (Wildman–Crippen MR) is 306 cm³/mol. The third kappa shape index (κ3) is 55.8. The molecule has 0 saturated heterocycles. The molecule has 0 aliphatic heterocycles. The normalized spacial score (nSPS) is 13.3. The van der Waals surface area contributed by atoms with E-state index in [9.17, 15) is 14.4 Å². The summed E-state index contributed by atoms with van der Waals surface area (Å²) in [6.45, 7) is 6.27. The second-order valence-electron chi connectivity index (χ2n) is 17.9. The van der Waals surface area contributed by atoms with Crippen molar-refractivity contribution in [1.82, 2.24) is 0 Å². The van der Waals surface area contributed by atoms with Gasteiger partial charge < -0.3 is 14.2 Å². The lowest BCUT2D eigenvalue weighted by Gasteiger charge is -2.18. The molecule has 0 amide bonds. The maximum atomic E-state index is 12.8. The van der Waals surface area contributed by atoms with Crippen molar-refractivity contribution in [3.63, 3.8) is 0 Å². The van der Waals surface area contributed by atoms with Crippen molar-refractivity contribution < 1.29 is 28.6 Å². The van der Waals surface area contributed by atoms with E-state index in [-0.39, 0.29) is 38.0 Å². The van der Waals surface area contributed by atoms with Gasteiger partial charge in [-0.2, -0.15) is 0 Å². The van der Waals surface area contributed by atoms with E-state index in [4.69, 9.17) is 14.2 Å². The van der Waals surface area contributed by atoms with Gasteiger partial charge in [0, 0.05) is 19.3 Å². The van der Waals surface area contributed by atoms with Crippen molar-refractivity contribution in [2.45, 2.75) is 219 Å². The highest BCUT2D eigenvalue weighted by atomic mass is 16.6. The topological polar surface area (TPSA) is 78.9 Å². The van der Waals surface area contributed by atoms with Crippen molar-refractivity contribution in [2.24, 2.45) is 0 Å². The first-order valence-corrected chi connectivity index (χ1v) is 28.1. The fourth-order valence-electron chi connectivity index (χ4n) is 7.10. The molecule has 0 rings (SSSR count). The molecule has 0 fully saturated rings. The van der Waals surface area contributed by atoms with E-state index in [1.165, 1.54) is 77.0 Å². The van der Waals surface area contributed by atoms with Gasteiger partial charge in [0.25, 0.3) is 0 Å². The lowest BCUT2D eigenvalue weighted by atomic mass is 10.0. The molecule has 1 atom stereocenters. The van der Waals surface area contributed by atoms with Crippen LogP contribution in [-0.2, 0) is 28.6 Å². The van der Waals surface area contributed by atoms with Gasteiger partial charge in [-0.1, -0.05) is 275 Å². The molecular weight excluding hydrogens is 877 g/mol. The van der Waals surface area contributed by atoms with E-state index in [0.717, 1.165) is 83.5 Å². The fraction of sp³-hybridized carbons (Fsp3) is 0.554. The molecule has 0 spiro atoms. The fourth-order valence-corrected chi connectivity index (χ4v) is 7.10. The van der Waals surface area contributed by atoms with Crippen LogP contribution in [0.3, 0.4) is 0 Å². The van der Waals surface area contributed by atoms with Crippen LogP contribution in [0, 0.1) is 0 Å². The first-order valence-electron chi connectivity index (χ1n) is 28.1. The van der Waals surface area contributed by atoms with E-state index in [1.54, 1.807) is 0 Å². The number of esters is 3. The lowest BCUT2D eigenvalue weighted by Crippen LogP contribution is -2.30. The number of hydrogen-bond donors (Lipinski definition) is 0. The lowest BCUT2D eigenvalue weighted by molar-refractivity contribution is -0.166. The van der Waals surface area contributed by atoms with E-state index >= 15 is 0 Å². The zero-order valence-electron chi connectivity index (χ0n) is 45.2. The molecule has 0 saturated carbocycles. The number of rotatable bonds is 48. The summed E-state index contributed by atoms with van der Waals surface area (Å²) in [5.74, 6) is -1.07. The number of carbonyl (C=O) groups is 3. The van der Waals surface area contributed by atoms with Crippen molar-refractivity contribution in [2.75, 3.05) is 13.2 Å². The van der Waals surface area contributed by atoms with Crippen LogP contribution in [-0.4, -0.2) is 37.2 Å². The molecule has 0 heterocycles. The van der Waals surface area contributed by atoms with Gasteiger partial charge in [-0.15, -0.1) is 0 Å². The van der Waals surface area contributed by atoms with Crippen molar-refractivity contribution in [3.8, 4) is 0 Å². The quantitative estimate of drug-likeness (QED) is 0.0199. The molecule has 0 radical (unpaired) electrons. The highest BCUT2D eigenvalue weighted by molar-refractivity contribution is 5.71. The van der Waals surface area contributed by atoms with Crippen LogP contribution in [0.25, 0.3) is 0 Å². The van der Waals surface area contributed by atoms with E-state index in [1.807, 2.05) is 85.1 Å². The first-order chi connectivity index (χ1) is 35.0. The predicted octanol–water partition coefficient (Wildman–Crippen LogP) is 19.0. The van der Waals surface area contributed by atoms with Gasteiger partial charge in [-0.25, -0.2) is 0 Å². The molecule has 1 unspecified atom stereocenters. The minimum Gasteiger partial charge on any atom is -0.462 e. The molecule has 0 aromatic carbocycles. The molecule has 6 heteroatoms. The highest BCUT2D eigenvalue weighted by Gasteiger charge is 2.19. The minimum atomic E-state index is -0.844. The van der Waals surface area contributed by atoms with Gasteiger partial charge in [0.2, 0.25) is 0 Å². The van der Waals surface area contributed by atoms with Crippen LogP contribution in [0.5, 0.6) is 0 Å². The highest BCUT2D eigenvalue weighted by Crippen LogP contribution is 2.14. The van der Waals surface area contributed by atoms with Crippen molar-refractivity contribution in [1.29, 1.82) is 0 Å². The Morgan fingerprint density at radius 1 is 0.310 bits per heavy atom. The second kappa shape index (κ2) is 57.6. The van der Waals surface area contributed by atoms with E-state index in [0.29, 0.717) is 19.3 Å². The van der Waals surface area contributed by atoms with Crippen LogP contribution in [0.15, 0.2) is 158 Å². The molecule has 0 bridgehead atoms. The SMILES string of the molecule is CC\C=C/C=C\C=C/C=C\C=C\C=C/C=C\CCCCCC(=O)OCC(COC(=O)CCCCCCCCCCCCCCCCC)OC(=O)CC/C=C\C/C=C\C/C=C\C/C=C\C/C=C\C/C=C\CC. The van der Waals surface area contributed by atoms with Crippen LogP contribution in [0.1, 0.15) is 213 Å². The number of unbranched alkanes of at least 4 members (excludes halogenated alkanes) is 17. The Balaban J connectivity index is 4.64. The summed E-state index contributed by atoms with van der Waals surface area (Å²) in [4.78, 5) is 38.1. The Kier molecular flexibility index (Phi) is 53.6. The maximum absolute atomic E-state index is 12.8. The Morgan fingerprint density at radius 3 is 1.06 bits per heavy atom. The van der Waals surface area contributed by atoms with Crippen LogP contribution < -0.4 is 0 Å². The van der Waals surface area contributed by atoms with Gasteiger partial charge in [-0.05, 0) is 77.0 Å². The molecule has 396 valence electrons. The molecule has 0 aromatic rings. The molecule has 6 nitrogen and oxygen atoms in total. The minimum absolute atomic E-state index is 0.129. The smallest absolute Gasteiger partial charge is 0.306 e. The summed E-state index contributed by atoms with van der Waals surface area (Å²) in [6, 6.07) is 0. The van der Waals surface area contributed by atoms with Crippen LogP contribution in [0.2, 0.25) is 0 Å². The Bertz CT molecular complexity index is 1640. The summed E-state index contributed by atoms with van der Waals surface area (Å²) in [5.41, 5.74) is 0. The maximum Gasteiger partial charge on any atom is 0.306 e. The summed E-state index contributed by atoms with van der Waals surface area (Å²) in [7, 11) is 0. The van der Waals surface area contributed by atoms with Gasteiger partial charge in [0.05, 0.1) is 0 Å². The monoisotopic (exact) mass is 977 g/mol. The van der Waals surface area contributed by atoms with Gasteiger partial charge in [0.1, 0.15) is 13.2 Å². The van der Waals surface area contributed by atoms with Gasteiger partial charge >= 0.3 is 17.9 Å². The summed E-state index contributed by atoms with van der Waals surface area (Å²) < 4.78 is 16.7. The summed E-state index contributed by atoms with van der Waals surface area (Å²) >= 11 is 0. The Labute approximate surface area is 435 Å². The number of carbonyl (C=O) groups excluding carboxylic acids is 3. The summed E-state index contributed by atoms with van der Waals surface area (Å²) in [6.07, 6.45) is 83.8. The van der Waals surface area contributed by atoms with Gasteiger partial charge in [0.15, 0.2) is 6.10 Å². The molecule has 0 aromatic heterocycles. The Morgan fingerprint density at radius 2 is 0.648 bits per heavy atom. The van der Waals surface area contributed by atoms with Gasteiger partial charge in [-0.3, -0.25) is 14.4 Å². The molecular formula is C65H100O6. The molecule has 71 heavy (non-hydrogen) atoms. The second-order valence-corrected chi connectivity index (χ2v) is 17.9. The van der Waals surface area contributed by atoms with Crippen molar-refractivity contribution >= 4 is 17.9 Å². The standard InChI is InChI=1S/C65H100O6/c1-4-7-10-13-16-19-22-25-28-30-32-34-37-40-43-46-49-52-55-58-64(67)70-61-62(60-69-63(66)57-54-51-48-45-42-39-36-27-24-21-18-15-12-9-6-3)71-65(68)59-56-53-50-47-44-41-38-35-33-31-29-26-23-20-17-14-11-8-5-2/h7-8,10-11,13,16-17,19-20,22,25-26,28-30,32-35,37,40-41,43-44,50,53,62H,4-6,9,12,14-15,18,21,23-24,27,31,36,38-39,42,45-49,51-52,54-61H2,1-3H3/b10-7-,11-8-,16-13-,20-17-,22-19-,28-25-,29-26-,32-30+,35-33-,37-34-,43-40-,44-41-,53-50-. The Hall–Kier alpha value is -4.97. The number of allylic oxidation sites excluding steroid dienone is 26. The van der Waals surface area contributed by atoms with E-state index < -0.39 is 12.1 Å². The molecule has 0 N–H and O–H groups in total. The molecule has 0 aliphatic rings. The average molecular weight is 978 g/mol. The van der Waals surface area contributed by atoms with Crippen LogP contribution in [0.4, 0.5) is 0 Å². The average Bonchev–Trinajstić information content (AvgIpc) is 3.37. The summed E-state index contributed by atoms with van der Waals surface area (Å²) in [5, 5.41) is 0. The van der Waals surface area contributed by atoms with E-state index in [2.05, 4.69) is 93.7 Å². The number of ether oxygens (including phenoxy) is 3.